The van der Waals surface area contributed by atoms with Crippen molar-refractivity contribution in [2.45, 2.75) is 18.2 Å². The van der Waals surface area contributed by atoms with E-state index in [2.05, 4.69) is 0 Å². The first kappa shape index (κ1) is 15.9. The maximum Gasteiger partial charge on any atom is 0.238 e. The summed E-state index contributed by atoms with van der Waals surface area (Å²) in [6.07, 6.45) is 0.575. The number of primary sulfonamides is 1. The molecule has 0 fully saturated rings. The van der Waals surface area contributed by atoms with Crippen molar-refractivity contribution in [1.29, 1.82) is 0 Å². The lowest BCUT2D eigenvalue weighted by Crippen LogP contribution is -2.16. The number of nitrogens with two attached hydrogens (primary N) is 1. The van der Waals surface area contributed by atoms with Gasteiger partial charge in [-0.15, -0.1) is 0 Å². The topological polar surface area (TPSA) is 104 Å². The van der Waals surface area contributed by atoms with E-state index in [0.29, 0.717) is 12.2 Å². The van der Waals surface area contributed by atoms with Crippen LogP contribution in [0.1, 0.15) is 13.3 Å². The largest absolute Gasteiger partial charge is 0.493 e. The molecule has 0 amide bonds. The Kier molecular flexibility index (Phi) is 5.33. The van der Waals surface area contributed by atoms with Crippen molar-refractivity contribution in [3.8, 4) is 5.75 Å². The first-order chi connectivity index (χ1) is 8.74. The lowest BCUT2D eigenvalue weighted by atomic mass is 10.3. The Morgan fingerprint density at radius 3 is 2.11 bits per heavy atom. The van der Waals surface area contributed by atoms with Crippen molar-refractivity contribution in [1.82, 2.24) is 0 Å². The van der Waals surface area contributed by atoms with Crippen molar-refractivity contribution in [2.24, 2.45) is 5.14 Å². The first-order valence-corrected chi connectivity index (χ1v) is 9.07. The van der Waals surface area contributed by atoms with Gasteiger partial charge in [-0.3, -0.25) is 0 Å². The molecule has 0 radical (unpaired) electrons. The maximum absolute atomic E-state index is 11.4. The highest BCUT2D eigenvalue weighted by Crippen LogP contribution is 2.14. The lowest BCUT2D eigenvalue weighted by Gasteiger charge is -2.07. The highest BCUT2D eigenvalue weighted by atomic mass is 32.2. The zero-order chi connectivity index (χ0) is 14.5. The van der Waals surface area contributed by atoms with Gasteiger partial charge in [0.1, 0.15) is 12.4 Å². The Hall–Kier alpha value is -1.12. The molecule has 1 aromatic carbocycles. The minimum absolute atomic E-state index is 0.0153. The highest BCUT2D eigenvalue weighted by Gasteiger charge is 2.10. The third kappa shape index (κ3) is 5.58. The van der Waals surface area contributed by atoms with Gasteiger partial charge in [-0.25, -0.2) is 22.0 Å². The van der Waals surface area contributed by atoms with Gasteiger partial charge in [-0.1, -0.05) is 6.92 Å². The van der Waals surface area contributed by atoms with Crippen LogP contribution in [-0.2, 0) is 19.9 Å². The predicted octanol–water partition coefficient (Wildman–Crippen LogP) is 0.538. The molecule has 2 N–H and O–H groups in total. The Bertz CT molecular complexity index is 605. The molecule has 0 aliphatic heterocycles. The second-order valence-electron chi connectivity index (χ2n) is 4.02. The molecular weight excluding hydrogens is 290 g/mol. The van der Waals surface area contributed by atoms with Crippen LogP contribution in [0.3, 0.4) is 0 Å². The Morgan fingerprint density at radius 2 is 1.63 bits per heavy atom. The standard InChI is InChI=1S/C11H17NO5S2/c1-2-8-18(13,14)9-7-17-10-3-5-11(6-4-10)19(12,15)16/h3-6H,2,7-9H2,1H3,(H2,12,15,16). The van der Waals surface area contributed by atoms with Gasteiger partial charge in [0.2, 0.25) is 10.0 Å². The second kappa shape index (κ2) is 6.36. The van der Waals surface area contributed by atoms with Gasteiger partial charge in [0.25, 0.3) is 0 Å². The van der Waals surface area contributed by atoms with E-state index in [0.717, 1.165) is 0 Å². The minimum atomic E-state index is -3.72. The van der Waals surface area contributed by atoms with Gasteiger partial charge in [0.15, 0.2) is 9.84 Å². The van der Waals surface area contributed by atoms with Crippen LogP contribution in [-0.4, -0.2) is 34.9 Å². The van der Waals surface area contributed by atoms with Crippen LogP contribution in [0.4, 0.5) is 0 Å². The molecule has 6 nitrogen and oxygen atoms in total. The van der Waals surface area contributed by atoms with Gasteiger partial charge in [-0.05, 0) is 30.7 Å². The summed E-state index contributed by atoms with van der Waals surface area (Å²) in [4.78, 5) is -0.0153. The molecule has 0 saturated carbocycles. The summed E-state index contributed by atoms with van der Waals surface area (Å²) in [5.41, 5.74) is 0. The molecule has 0 atom stereocenters. The molecule has 0 saturated heterocycles. The summed E-state index contributed by atoms with van der Waals surface area (Å²) in [6.45, 7) is 1.83. The van der Waals surface area contributed by atoms with Crippen molar-refractivity contribution >= 4 is 19.9 Å². The Morgan fingerprint density at radius 1 is 1.05 bits per heavy atom. The van der Waals surface area contributed by atoms with E-state index in [1.807, 2.05) is 0 Å². The first-order valence-electron chi connectivity index (χ1n) is 5.71. The van der Waals surface area contributed by atoms with Gasteiger partial charge < -0.3 is 4.74 Å². The number of sulfone groups is 1. The van der Waals surface area contributed by atoms with Crippen molar-refractivity contribution in [3.05, 3.63) is 24.3 Å². The fraction of sp³-hybridized carbons (Fsp3) is 0.455. The number of benzene rings is 1. The third-order valence-electron chi connectivity index (χ3n) is 2.33. The number of hydrogen-bond acceptors (Lipinski definition) is 5. The van der Waals surface area contributed by atoms with Crippen molar-refractivity contribution in [2.75, 3.05) is 18.1 Å². The van der Waals surface area contributed by atoms with Gasteiger partial charge in [0.05, 0.1) is 16.4 Å². The van der Waals surface area contributed by atoms with E-state index in [1.54, 1.807) is 6.92 Å². The number of ether oxygens (including phenoxy) is 1. The fourth-order valence-corrected chi connectivity index (χ4v) is 3.10. The van der Waals surface area contributed by atoms with Crippen LogP contribution in [0.15, 0.2) is 29.2 Å². The maximum atomic E-state index is 11.4. The molecule has 8 heteroatoms. The summed E-state index contributed by atoms with van der Waals surface area (Å²) >= 11 is 0. The van der Waals surface area contributed by atoms with Crippen LogP contribution in [0, 0.1) is 0 Å². The number of rotatable bonds is 7. The zero-order valence-electron chi connectivity index (χ0n) is 10.6. The van der Waals surface area contributed by atoms with Crippen LogP contribution in [0.2, 0.25) is 0 Å². The fourth-order valence-electron chi connectivity index (χ4n) is 1.43. The van der Waals surface area contributed by atoms with E-state index in [1.165, 1.54) is 24.3 Å². The normalized spacial score (nSPS) is 12.3. The predicted molar refractivity (Wildman–Crippen MR) is 72.3 cm³/mol. The number of hydrogen-bond donors (Lipinski definition) is 1. The average molecular weight is 307 g/mol. The van der Waals surface area contributed by atoms with Gasteiger partial charge in [0, 0.05) is 0 Å². The van der Waals surface area contributed by atoms with Gasteiger partial charge in [-0.2, -0.15) is 0 Å². The minimum Gasteiger partial charge on any atom is -0.493 e. The van der Waals surface area contributed by atoms with E-state index >= 15 is 0 Å². The highest BCUT2D eigenvalue weighted by molar-refractivity contribution is 7.91. The van der Waals surface area contributed by atoms with E-state index in [9.17, 15) is 16.8 Å². The summed E-state index contributed by atoms with van der Waals surface area (Å²) in [6, 6.07) is 5.49. The summed E-state index contributed by atoms with van der Waals surface area (Å²) in [5.74, 6) is 0.484. The van der Waals surface area contributed by atoms with Crippen LogP contribution in [0.25, 0.3) is 0 Å². The molecule has 0 bridgehead atoms. The lowest BCUT2D eigenvalue weighted by molar-refractivity contribution is 0.340. The summed E-state index contributed by atoms with van der Waals surface area (Å²) < 4.78 is 50.1. The molecule has 0 aliphatic rings. The van der Waals surface area contributed by atoms with E-state index in [4.69, 9.17) is 9.88 Å². The molecule has 19 heavy (non-hydrogen) atoms. The van der Waals surface area contributed by atoms with E-state index < -0.39 is 19.9 Å². The van der Waals surface area contributed by atoms with Crippen LogP contribution >= 0.6 is 0 Å². The van der Waals surface area contributed by atoms with Crippen molar-refractivity contribution in [3.63, 3.8) is 0 Å². The molecule has 0 spiro atoms. The number of sulfonamides is 1. The average Bonchev–Trinajstić information content (AvgIpc) is 2.28. The van der Waals surface area contributed by atoms with Crippen molar-refractivity contribution < 1.29 is 21.6 Å². The molecule has 108 valence electrons. The molecule has 1 aromatic rings. The molecular formula is C11H17NO5S2. The SMILES string of the molecule is CCCS(=O)(=O)CCOc1ccc(S(N)(=O)=O)cc1. The zero-order valence-corrected chi connectivity index (χ0v) is 12.2. The smallest absolute Gasteiger partial charge is 0.238 e. The Balaban J connectivity index is 2.56. The van der Waals surface area contributed by atoms with Crippen LogP contribution in [0.5, 0.6) is 5.75 Å². The Labute approximate surface area is 113 Å². The summed E-state index contributed by atoms with van der Waals surface area (Å²) in [5, 5.41) is 4.95. The quantitative estimate of drug-likeness (QED) is 0.791. The summed E-state index contributed by atoms with van der Waals surface area (Å²) in [7, 11) is -6.80. The monoisotopic (exact) mass is 307 g/mol. The van der Waals surface area contributed by atoms with Gasteiger partial charge >= 0.3 is 0 Å². The van der Waals surface area contributed by atoms with Crippen LogP contribution < -0.4 is 9.88 Å². The second-order valence-corrected chi connectivity index (χ2v) is 7.88. The van der Waals surface area contributed by atoms with E-state index in [-0.39, 0.29) is 23.0 Å². The third-order valence-corrected chi connectivity index (χ3v) is 5.08. The molecule has 0 heterocycles. The molecule has 0 aliphatic carbocycles. The molecule has 1 rings (SSSR count). The molecule has 0 aromatic heterocycles. The molecule has 0 unspecified atom stereocenters.